The van der Waals surface area contributed by atoms with E-state index in [0.717, 1.165) is 6.42 Å². The maximum absolute atomic E-state index is 6.33. The molecule has 0 atom stereocenters. The molecule has 32 heavy (non-hydrogen) atoms. The number of para-hydroxylation sites is 1. The topological polar surface area (TPSA) is 17.4 Å². The summed E-state index contributed by atoms with van der Waals surface area (Å²) in [4.78, 5) is 2.61. The first-order chi connectivity index (χ1) is 14.5. The number of piperidine rings is 1. The van der Waals surface area contributed by atoms with Crippen LogP contribution >= 0.6 is 48.0 Å². The van der Waals surface area contributed by atoms with E-state index in [1.165, 1.54) is 73.0 Å². The molecule has 4 rings (SSSR count). The number of nitrogens with zero attached hydrogens (tertiary/aromatic N) is 2. The molecule has 1 saturated heterocycles. The Morgan fingerprint density at radius 2 is 1.75 bits per heavy atom. The van der Waals surface area contributed by atoms with E-state index >= 15 is 0 Å². The normalized spacial score (nSPS) is 14.1. The molecule has 0 N–H and O–H groups in total. The van der Waals surface area contributed by atoms with Gasteiger partial charge in [-0.3, -0.25) is 0 Å². The monoisotopic (exact) mass is 516 g/mol. The van der Waals surface area contributed by atoms with E-state index in [0.29, 0.717) is 22.4 Å². The largest absolute Gasteiger partial charge is 0.486 e. The fraction of sp³-hybridized carbons (Fsp3) is 0.440. The fourth-order valence-electron chi connectivity index (χ4n) is 4.70. The minimum absolute atomic E-state index is 0. The second-order valence-corrected chi connectivity index (χ2v) is 9.17. The van der Waals surface area contributed by atoms with Gasteiger partial charge in [-0.05, 0) is 81.6 Å². The van der Waals surface area contributed by atoms with E-state index in [2.05, 4.69) is 41.6 Å². The van der Waals surface area contributed by atoms with Gasteiger partial charge in [0, 0.05) is 17.5 Å². The number of hydrogen-bond donors (Lipinski definition) is 0. The number of halogens is 4. The molecular formula is C25H32Cl4N2O. The highest BCUT2D eigenvalue weighted by Gasteiger charge is 2.18. The average Bonchev–Trinajstić information content (AvgIpc) is 3.01. The quantitative estimate of drug-likeness (QED) is 0.320. The minimum atomic E-state index is 0. The number of aryl methyl sites for hydroxylation is 3. The lowest BCUT2D eigenvalue weighted by atomic mass is 10.0. The fourth-order valence-corrected chi connectivity index (χ4v) is 5.17. The van der Waals surface area contributed by atoms with Gasteiger partial charge in [0.25, 0.3) is 0 Å². The van der Waals surface area contributed by atoms with E-state index in [1.807, 2.05) is 12.1 Å². The standard InChI is InChI=1S/C25H30Cl2N2O.2ClH/c1-18-8-6-9-21-20(10-7-15-29-13-4-3-5-14-29)23(28(2)25(18)21)17-30-24-12-11-19(26)16-22(24)27;;/h6,8-9,11-12,16H,3-5,7,10,13-15,17H2,1-2H3;2*1H. The zero-order valence-corrected chi connectivity index (χ0v) is 21.8. The van der Waals surface area contributed by atoms with Crippen LogP contribution in [-0.4, -0.2) is 29.1 Å². The van der Waals surface area contributed by atoms with Gasteiger partial charge in [-0.1, -0.05) is 47.8 Å². The van der Waals surface area contributed by atoms with Crippen LogP contribution in [0, 0.1) is 6.92 Å². The molecule has 0 spiro atoms. The van der Waals surface area contributed by atoms with Crippen LogP contribution in [0.2, 0.25) is 10.0 Å². The molecule has 1 aliphatic heterocycles. The third kappa shape index (κ3) is 6.07. The van der Waals surface area contributed by atoms with Crippen molar-refractivity contribution in [2.45, 2.75) is 45.6 Å². The van der Waals surface area contributed by atoms with Gasteiger partial charge in [-0.2, -0.15) is 0 Å². The summed E-state index contributed by atoms with van der Waals surface area (Å²) in [6, 6.07) is 12.0. The molecule has 0 bridgehead atoms. The maximum Gasteiger partial charge on any atom is 0.138 e. The predicted molar refractivity (Wildman–Crippen MR) is 142 cm³/mol. The Hall–Kier alpha value is -1.10. The lowest BCUT2D eigenvalue weighted by Gasteiger charge is -2.26. The van der Waals surface area contributed by atoms with Crippen molar-refractivity contribution in [3.63, 3.8) is 0 Å². The predicted octanol–water partition coefficient (Wildman–Crippen LogP) is 7.63. The van der Waals surface area contributed by atoms with Gasteiger partial charge >= 0.3 is 0 Å². The number of ether oxygens (including phenoxy) is 1. The molecule has 2 heterocycles. The molecule has 3 nitrogen and oxygen atoms in total. The molecule has 0 amide bonds. The number of likely N-dealkylation sites (tertiary alicyclic amines) is 1. The number of fused-ring (bicyclic) bond motifs is 1. The van der Waals surface area contributed by atoms with Gasteiger partial charge in [0.2, 0.25) is 0 Å². The zero-order valence-electron chi connectivity index (χ0n) is 18.7. The van der Waals surface area contributed by atoms with E-state index in [-0.39, 0.29) is 24.8 Å². The number of aromatic nitrogens is 1. The first-order valence-electron chi connectivity index (χ1n) is 10.9. The Kier molecular flexibility index (Phi) is 10.5. The molecule has 0 saturated carbocycles. The first kappa shape index (κ1) is 27.1. The number of hydrogen-bond acceptors (Lipinski definition) is 2. The van der Waals surface area contributed by atoms with E-state index in [9.17, 15) is 0 Å². The number of benzene rings is 2. The summed E-state index contributed by atoms with van der Waals surface area (Å²) in [5, 5.41) is 2.51. The van der Waals surface area contributed by atoms with Crippen LogP contribution in [0.5, 0.6) is 5.75 Å². The Bertz CT molecular complexity index is 1030. The molecule has 2 aromatic carbocycles. The van der Waals surface area contributed by atoms with Gasteiger partial charge < -0.3 is 14.2 Å². The SMILES string of the molecule is Cc1cccc2c(CCCN3CCCCC3)c(COc3ccc(Cl)cc3Cl)n(C)c12.Cl.Cl. The van der Waals surface area contributed by atoms with Crippen molar-refractivity contribution < 1.29 is 4.74 Å². The highest BCUT2D eigenvalue weighted by atomic mass is 35.5. The molecule has 0 unspecified atom stereocenters. The highest BCUT2D eigenvalue weighted by Crippen LogP contribution is 2.32. The molecule has 1 fully saturated rings. The van der Waals surface area contributed by atoms with Gasteiger partial charge in [-0.25, -0.2) is 0 Å². The van der Waals surface area contributed by atoms with E-state index in [1.54, 1.807) is 6.07 Å². The van der Waals surface area contributed by atoms with Crippen molar-refractivity contribution >= 4 is 58.9 Å². The summed E-state index contributed by atoms with van der Waals surface area (Å²) in [6.45, 7) is 6.34. The summed E-state index contributed by atoms with van der Waals surface area (Å²) >= 11 is 12.4. The lowest BCUT2D eigenvalue weighted by Crippen LogP contribution is -2.30. The van der Waals surface area contributed by atoms with Crippen molar-refractivity contribution in [2.75, 3.05) is 19.6 Å². The summed E-state index contributed by atoms with van der Waals surface area (Å²) in [6.07, 6.45) is 6.29. The zero-order chi connectivity index (χ0) is 21.1. The van der Waals surface area contributed by atoms with Gasteiger partial charge in [0.1, 0.15) is 12.4 Å². The van der Waals surface area contributed by atoms with Crippen molar-refractivity contribution in [1.82, 2.24) is 9.47 Å². The van der Waals surface area contributed by atoms with Crippen LogP contribution in [-0.2, 0) is 20.1 Å². The van der Waals surface area contributed by atoms with Gasteiger partial charge in [0.15, 0.2) is 0 Å². The van der Waals surface area contributed by atoms with Crippen molar-refractivity contribution in [3.8, 4) is 5.75 Å². The van der Waals surface area contributed by atoms with Crippen molar-refractivity contribution in [3.05, 3.63) is 63.3 Å². The van der Waals surface area contributed by atoms with Crippen LogP contribution in [0.3, 0.4) is 0 Å². The molecular weight excluding hydrogens is 486 g/mol. The summed E-state index contributed by atoms with van der Waals surface area (Å²) < 4.78 is 8.44. The Balaban J connectivity index is 0.00000181. The average molecular weight is 518 g/mol. The molecule has 7 heteroatoms. The highest BCUT2D eigenvalue weighted by molar-refractivity contribution is 6.35. The number of rotatable bonds is 7. The second kappa shape index (κ2) is 12.4. The third-order valence-electron chi connectivity index (χ3n) is 6.26. The Labute approximate surface area is 213 Å². The van der Waals surface area contributed by atoms with Gasteiger partial charge in [-0.15, -0.1) is 24.8 Å². The lowest BCUT2D eigenvalue weighted by molar-refractivity contribution is 0.226. The molecule has 0 radical (unpaired) electrons. The molecule has 1 aliphatic rings. The Morgan fingerprint density at radius 1 is 1.00 bits per heavy atom. The van der Waals surface area contributed by atoms with Crippen molar-refractivity contribution in [2.24, 2.45) is 7.05 Å². The second-order valence-electron chi connectivity index (χ2n) is 8.32. The maximum atomic E-state index is 6.33. The minimum Gasteiger partial charge on any atom is -0.486 e. The molecule has 0 aliphatic carbocycles. The molecule has 1 aromatic heterocycles. The van der Waals surface area contributed by atoms with Gasteiger partial charge in [0.05, 0.1) is 16.2 Å². The molecule has 3 aromatic rings. The van der Waals surface area contributed by atoms with Crippen LogP contribution < -0.4 is 4.74 Å². The van der Waals surface area contributed by atoms with Crippen LogP contribution in [0.25, 0.3) is 10.9 Å². The first-order valence-corrected chi connectivity index (χ1v) is 11.7. The van der Waals surface area contributed by atoms with E-state index < -0.39 is 0 Å². The summed E-state index contributed by atoms with van der Waals surface area (Å²) in [5.41, 5.74) is 5.22. The third-order valence-corrected chi connectivity index (χ3v) is 6.79. The smallest absolute Gasteiger partial charge is 0.138 e. The summed E-state index contributed by atoms with van der Waals surface area (Å²) in [5.74, 6) is 0.669. The van der Waals surface area contributed by atoms with Crippen LogP contribution in [0.15, 0.2) is 36.4 Å². The summed E-state index contributed by atoms with van der Waals surface area (Å²) in [7, 11) is 2.14. The molecule has 176 valence electrons. The van der Waals surface area contributed by atoms with E-state index in [4.69, 9.17) is 27.9 Å². The van der Waals surface area contributed by atoms with Crippen LogP contribution in [0.4, 0.5) is 0 Å². The van der Waals surface area contributed by atoms with Crippen molar-refractivity contribution in [1.29, 1.82) is 0 Å². The van der Waals surface area contributed by atoms with Crippen LogP contribution in [0.1, 0.15) is 42.5 Å². The Morgan fingerprint density at radius 3 is 2.47 bits per heavy atom.